The molecule has 31 heavy (non-hydrogen) atoms. The summed E-state index contributed by atoms with van der Waals surface area (Å²) in [7, 11) is -7.26. The Hall–Kier alpha value is -1.94. The van der Waals surface area contributed by atoms with E-state index in [1.807, 2.05) is 30.3 Å². The molecule has 2 fully saturated rings. The van der Waals surface area contributed by atoms with Crippen LogP contribution in [0.15, 0.2) is 64.4 Å². The minimum Gasteiger partial charge on any atom is -0.369 e. The van der Waals surface area contributed by atoms with E-state index in [2.05, 4.69) is 11.8 Å². The molecule has 2 aliphatic rings. The van der Waals surface area contributed by atoms with Gasteiger partial charge >= 0.3 is 0 Å². The van der Waals surface area contributed by atoms with E-state index in [1.54, 1.807) is 0 Å². The van der Waals surface area contributed by atoms with Crippen molar-refractivity contribution in [2.75, 3.05) is 44.2 Å². The normalized spacial score (nSPS) is 20.1. The zero-order valence-electron chi connectivity index (χ0n) is 17.7. The van der Waals surface area contributed by atoms with Crippen LogP contribution in [0.5, 0.6) is 0 Å². The van der Waals surface area contributed by atoms with Gasteiger partial charge < -0.3 is 4.90 Å². The van der Waals surface area contributed by atoms with Gasteiger partial charge in [0.15, 0.2) is 0 Å². The van der Waals surface area contributed by atoms with Crippen molar-refractivity contribution >= 4 is 25.7 Å². The number of rotatable bonds is 5. The molecule has 2 heterocycles. The topological polar surface area (TPSA) is 78.0 Å². The maximum atomic E-state index is 13.1. The molecule has 9 heteroatoms. The van der Waals surface area contributed by atoms with Gasteiger partial charge in [-0.3, -0.25) is 0 Å². The predicted molar refractivity (Wildman–Crippen MR) is 121 cm³/mol. The number of nitrogens with zero attached hydrogens (tertiary/aromatic N) is 3. The number of hydrogen-bond acceptors (Lipinski definition) is 5. The summed E-state index contributed by atoms with van der Waals surface area (Å²) >= 11 is 0. The molecule has 2 aromatic rings. The smallest absolute Gasteiger partial charge is 0.243 e. The number of piperidine rings is 1. The van der Waals surface area contributed by atoms with E-state index < -0.39 is 20.0 Å². The van der Waals surface area contributed by atoms with Crippen LogP contribution in [0.2, 0.25) is 0 Å². The SMILES string of the molecule is CC1CCN(S(=O)(=O)c2ccc(S(=O)(=O)N3CCN(c4ccccc4)CC3)cc2)CC1. The zero-order chi connectivity index (χ0) is 22.1. The molecule has 0 spiro atoms. The lowest BCUT2D eigenvalue weighted by atomic mass is 10.0. The molecule has 4 rings (SSSR count). The monoisotopic (exact) mass is 463 g/mol. The number of benzene rings is 2. The highest BCUT2D eigenvalue weighted by atomic mass is 32.2. The van der Waals surface area contributed by atoms with Gasteiger partial charge in [-0.2, -0.15) is 8.61 Å². The van der Waals surface area contributed by atoms with Crippen molar-refractivity contribution in [1.82, 2.24) is 8.61 Å². The Morgan fingerprint density at radius 2 is 1.10 bits per heavy atom. The first-order chi connectivity index (χ1) is 14.8. The van der Waals surface area contributed by atoms with E-state index in [9.17, 15) is 16.8 Å². The third-order valence-corrected chi connectivity index (χ3v) is 10.0. The van der Waals surface area contributed by atoms with Crippen LogP contribution in [-0.2, 0) is 20.0 Å². The van der Waals surface area contributed by atoms with Gasteiger partial charge in [0.2, 0.25) is 20.0 Å². The lowest BCUT2D eigenvalue weighted by molar-refractivity contribution is 0.288. The predicted octanol–water partition coefficient (Wildman–Crippen LogP) is 2.62. The molecule has 0 unspecified atom stereocenters. The summed E-state index contributed by atoms with van der Waals surface area (Å²) in [5.74, 6) is 0.529. The first-order valence-electron chi connectivity index (χ1n) is 10.7. The fourth-order valence-electron chi connectivity index (χ4n) is 4.13. The summed E-state index contributed by atoms with van der Waals surface area (Å²) in [4.78, 5) is 2.45. The lowest BCUT2D eigenvalue weighted by Crippen LogP contribution is -2.48. The quantitative estimate of drug-likeness (QED) is 0.681. The second-order valence-electron chi connectivity index (χ2n) is 8.28. The summed E-state index contributed by atoms with van der Waals surface area (Å²) in [6.45, 7) is 5.16. The Morgan fingerprint density at radius 3 is 1.58 bits per heavy atom. The first-order valence-corrected chi connectivity index (χ1v) is 13.6. The highest BCUT2D eigenvalue weighted by Crippen LogP contribution is 2.26. The van der Waals surface area contributed by atoms with Gasteiger partial charge in [-0.25, -0.2) is 16.8 Å². The second kappa shape index (κ2) is 8.90. The van der Waals surface area contributed by atoms with E-state index >= 15 is 0 Å². The van der Waals surface area contributed by atoms with Gasteiger partial charge in [-0.15, -0.1) is 0 Å². The fraction of sp³-hybridized carbons (Fsp3) is 0.455. The molecule has 2 saturated heterocycles. The molecule has 0 amide bonds. The van der Waals surface area contributed by atoms with Crippen LogP contribution in [0.1, 0.15) is 19.8 Å². The largest absolute Gasteiger partial charge is 0.369 e. The van der Waals surface area contributed by atoms with Crippen LogP contribution in [0, 0.1) is 5.92 Å². The summed E-state index contributed by atoms with van der Waals surface area (Å²) < 4.78 is 54.9. The van der Waals surface area contributed by atoms with E-state index in [4.69, 9.17) is 0 Å². The molecule has 0 radical (unpaired) electrons. The average Bonchev–Trinajstić information content (AvgIpc) is 2.80. The number of anilines is 1. The van der Waals surface area contributed by atoms with Crippen molar-refractivity contribution in [3.05, 3.63) is 54.6 Å². The Morgan fingerprint density at radius 1 is 0.645 bits per heavy atom. The van der Waals surface area contributed by atoms with Crippen LogP contribution in [0.25, 0.3) is 0 Å². The van der Waals surface area contributed by atoms with Gasteiger partial charge in [-0.05, 0) is 55.2 Å². The number of para-hydroxylation sites is 1. The molecule has 2 aromatic carbocycles. The Kier molecular flexibility index (Phi) is 6.39. The maximum Gasteiger partial charge on any atom is 0.243 e. The van der Waals surface area contributed by atoms with Crippen molar-refractivity contribution in [1.29, 1.82) is 0 Å². The third-order valence-electron chi connectivity index (χ3n) is 6.20. The van der Waals surface area contributed by atoms with E-state index in [1.165, 1.54) is 32.9 Å². The molecule has 0 atom stereocenters. The van der Waals surface area contributed by atoms with Gasteiger partial charge in [0.1, 0.15) is 0 Å². The highest BCUT2D eigenvalue weighted by Gasteiger charge is 2.31. The Balaban J connectivity index is 1.45. The third kappa shape index (κ3) is 4.64. The lowest BCUT2D eigenvalue weighted by Gasteiger charge is -2.35. The summed E-state index contributed by atoms with van der Waals surface area (Å²) in [6.07, 6.45) is 1.70. The van der Waals surface area contributed by atoms with Crippen molar-refractivity contribution in [2.45, 2.75) is 29.6 Å². The van der Waals surface area contributed by atoms with E-state index in [-0.39, 0.29) is 9.79 Å². The molecule has 0 N–H and O–H groups in total. The molecule has 0 aromatic heterocycles. The minimum atomic E-state index is -3.66. The van der Waals surface area contributed by atoms with Crippen LogP contribution in [-0.4, -0.2) is 64.7 Å². The molecule has 2 aliphatic heterocycles. The van der Waals surface area contributed by atoms with Gasteiger partial charge in [0.25, 0.3) is 0 Å². The minimum absolute atomic E-state index is 0.131. The summed E-state index contributed by atoms with van der Waals surface area (Å²) in [5, 5.41) is 0. The first kappa shape index (κ1) is 22.3. The van der Waals surface area contributed by atoms with Gasteiger partial charge in [0.05, 0.1) is 9.79 Å². The zero-order valence-corrected chi connectivity index (χ0v) is 19.4. The van der Waals surface area contributed by atoms with Crippen LogP contribution >= 0.6 is 0 Å². The van der Waals surface area contributed by atoms with Crippen molar-refractivity contribution in [3.63, 3.8) is 0 Å². The van der Waals surface area contributed by atoms with Crippen LogP contribution in [0.3, 0.4) is 0 Å². The Bertz CT molecular complexity index is 1090. The van der Waals surface area contributed by atoms with Crippen molar-refractivity contribution in [2.24, 2.45) is 5.92 Å². The highest BCUT2D eigenvalue weighted by molar-refractivity contribution is 7.89. The number of piperazine rings is 1. The maximum absolute atomic E-state index is 13.1. The number of sulfonamides is 2. The molecule has 7 nitrogen and oxygen atoms in total. The molecule has 168 valence electrons. The summed E-state index contributed by atoms with van der Waals surface area (Å²) in [5.41, 5.74) is 1.08. The molecule has 0 aliphatic carbocycles. The van der Waals surface area contributed by atoms with Crippen molar-refractivity contribution in [3.8, 4) is 0 Å². The van der Waals surface area contributed by atoms with Gasteiger partial charge in [0, 0.05) is 45.0 Å². The van der Waals surface area contributed by atoms with Crippen molar-refractivity contribution < 1.29 is 16.8 Å². The average molecular weight is 464 g/mol. The Labute approximate surface area is 185 Å². The van der Waals surface area contributed by atoms with Crippen LogP contribution in [0.4, 0.5) is 5.69 Å². The molecular weight excluding hydrogens is 434 g/mol. The van der Waals surface area contributed by atoms with E-state index in [0.29, 0.717) is 45.2 Å². The molecule has 0 saturated carbocycles. The van der Waals surface area contributed by atoms with Gasteiger partial charge in [-0.1, -0.05) is 25.1 Å². The van der Waals surface area contributed by atoms with E-state index in [0.717, 1.165) is 18.5 Å². The molecular formula is C22H29N3O4S2. The summed E-state index contributed by atoms with van der Waals surface area (Å²) in [6, 6.07) is 15.6. The molecule has 0 bridgehead atoms. The number of hydrogen-bond donors (Lipinski definition) is 0. The van der Waals surface area contributed by atoms with Crippen LogP contribution < -0.4 is 4.90 Å². The fourth-order valence-corrected chi connectivity index (χ4v) is 7.02. The second-order valence-corrected chi connectivity index (χ2v) is 12.2. The standard InChI is InChI=1S/C22H29N3O4S2/c1-19-11-13-24(14-12-19)30(26,27)21-7-9-22(10-8-21)31(28,29)25-17-15-23(16-18-25)20-5-3-2-4-6-20/h2-10,19H,11-18H2,1H3.